The van der Waals surface area contributed by atoms with Gasteiger partial charge in [-0.3, -0.25) is 4.79 Å². The number of nitrogens with zero attached hydrogens (tertiary/aromatic N) is 2. The molecule has 0 aromatic heterocycles. The molecular weight excluding hydrogens is 365 g/mol. The third kappa shape index (κ3) is 3.22. The zero-order valence-electron chi connectivity index (χ0n) is 9.51. The first kappa shape index (κ1) is 13.3. The van der Waals surface area contributed by atoms with Gasteiger partial charge in [0.1, 0.15) is 5.75 Å². The summed E-state index contributed by atoms with van der Waals surface area (Å²) in [6, 6.07) is 5.74. The fourth-order valence-electron chi connectivity index (χ4n) is 1.34. The molecule has 0 unspecified atom stereocenters. The van der Waals surface area contributed by atoms with E-state index in [2.05, 4.69) is 38.1 Å². The van der Waals surface area contributed by atoms with Gasteiger partial charge in [-0.2, -0.15) is 5.10 Å². The Morgan fingerprint density at radius 3 is 3.06 bits per heavy atom. The summed E-state index contributed by atoms with van der Waals surface area (Å²) in [4.78, 5) is 11.0. The minimum Gasteiger partial charge on any atom is -0.496 e. The van der Waals surface area contributed by atoms with Crippen molar-refractivity contribution in [3.8, 4) is 5.75 Å². The molecule has 94 valence electrons. The quantitative estimate of drug-likeness (QED) is 0.498. The molecule has 1 aromatic rings. The standard InChI is InChI=1S/C11H10IN3O2S/c1-17-9-4-2-3-8(12)7(9)5-13-15-11-14-10(16)6-18-11/h2-5H,6H2,1H3,(H,14,15,16). The van der Waals surface area contributed by atoms with Crippen LogP contribution in [0.1, 0.15) is 5.56 Å². The van der Waals surface area contributed by atoms with Gasteiger partial charge in [0, 0.05) is 3.57 Å². The number of methoxy groups -OCH3 is 1. The second-order valence-corrected chi connectivity index (χ2v) is 5.47. The van der Waals surface area contributed by atoms with E-state index in [0.717, 1.165) is 14.9 Å². The van der Waals surface area contributed by atoms with Gasteiger partial charge in [-0.15, -0.1) is 5.10 Å². The number of rotatable bonds is 3. The fraction of sp³-hybridized carbons (Fsp3) is 0.182. The molecule has 1 aromatic carbocycles. The Bertz CT molecular complexity index is 531. The minimum atomic E-state index is -0.0409. The lowest BCUT2D eigenvalue weighted by atomic mass is 10.2. The zero-order chi connectivity index (χ0) is 13.0. The highest BCUT2D eigenvalue weighted by Gasteiger charge is 2.16. The molecule has 1 fully saturated rings. The van der Waals surface area contributed by atoms with Crippen LogP contribution in [0.15, 0.2) is 28.4 Å². The Labute approximate surface area is 122 Å². The Balaban J connectivity index is 2.16. The molecule has 0 saturated carbocycles. The normalized spacial score (nSPS) is 17.4. The highest BCUT2D eigenvalue weighted by molar-refractivity contribution is 14.1. The van der Waals surface area contributed by atoms with Crippen LogP contribution in [0.2, 0.25) is 0 Å². The summed E-state index contributed by atoms with van der Waals surface area (Å²) in [5, 5.41) is 11.1. The van der Waals surface area contributed by atoms with E-state index in [4.69, 9.17) is 4.74 Å². The zero-order valence-corrected chi connectivity index (χ0v) is 12.5. The van der Waals surface area contributed by atoms with Gasteiger partial charge in [-0.1, -0.05) is 17.8 Å². The van der Waals surface area contributed by atoms with Gasteiger partial charge in [0.2, 0.25) is 5.91 Å². The van der Waals surface area contributed by atoms with Crippen LogP contribution >= 0.6 is 34.4 Å². The Kier molecular flexibility index (Phi) is 4.59. The Morgan fingerprint density at radius 1 is 1.56 bits per heavy atom. The lowest BCUT2D eigenvalue weighted by molar-refractivity contribution is -0.116. The first-order valence-corrected chi connectivity index (χ1v) is 7.13. The van der Waals surface area contributed by atoms with Gasteiger partial charge in [0.25, 0.3) is 0 Å². The van der Waals surface area contributed by atoms with E-state index in [-0.39, 0.29) is 5.91 Å². The van der Waals surface area contributed by atoms with E-state index in [0.29, 0.717) is 10.9 Å². The first-order chi connectivity index (χ1) is 8.70. The molecule has 18 heavy (non-hydrogen) atoms. The van der Waals surface area contributed by atoms with E-state index in [9.17, 15) is 4.79 Å². The summed E-state index contributed by atoms with van der Waals surface area (Å²) in [5.74, 6) is 1.11. The minimum absolute atomic E-state index is 0.0409. The second-order valence-electron chi connectivity index (χ2n) is 3.34. The van der Waals surface area contributed by atoms with E-state index < -0.39 is 0 Å². The van der Waals surface area contributed by atoms with Crippen LogP contribution < -0.4 is 10.1 Å². The van der Waals surface area contributed by atoms with Crippen molar-refractivity contribution in [2.45, 2.75) is 0 Å². The summed E-state index contributed by atoms with van der Waals surface area (Å²) in [6.07, 6.45) is 1.62. The molecule has 2 rings (SSSR count). The van der Waals surface area contributed by atoms with Gasteiger partial charge >= 0.3 is 0 Å². The molecule has 7 heteroatoms. The number of halogens is 1. The smallest absolute Gasteiger partial charge is 0.236 e. The van der Waals surface area contributed by atoms with Crippen LogP contribution in [0.25, 0.3) is 0 Å². The topological polar surface area (TPSA) is 63.1 Å². The highest BCUT2D eigenvalue weighted by Crippen LogP contribution is 2.21. The molecule has 1 aliphatic heterocycles. The van der Waals surface area contributed by atoms with Crippen molar-refractivity contribution >= 4 is 51.6 Å². The molecule has 5 nitrogen and oxygen atoms in total. The van der Waals surface area contributed by atoms with Crippen LogP contribution in [0.3, 0.4) is 0 Å². The number of benzene rings is 1. The van der Waals surface area contributed by atoms with Gasteiger partial charge in [-0.25, -0.2) is 0 Å². The maximum atomic E-state index is 11.0. The lowest BCUT2D eigenvalue weighted by Crippen LogP contribution is -2.19. The van der Waals surface area contributed by atoms with Crippen molar-refractivity contribution in [1.82, 2.24) is 5.32 Å². The van der Waals surface area contributed by atoms with Gasteiger partial charge < -0.3 is 10.1 Å². The van der Waals surface area contributed by atoms with Crippen LogP contribution in [0.4, 0.5) is 0 Å². The Hall–Kier alpha value is -1.09. The molecule has 0 atom stereocenters. The van der Waals surface area contributed by atoms with Crippen molar-refractivity contribution in [3.05, 3.63) is 27.3 Å². The predicted octanol–water partition coefficient (Wildman–Crippen LogP) is 1.85. The summed E-state index contributed by atoms with van der Waals surface area (Å²) >= 11 is 3.55. The van der Waals surface area contributed by atoms with Crippen LogP contribution in [0.5, 0.6) is 5.75 Å². The molecule has 0 radical (unpaired) electrons. The molecule has 1 heterocycles. The van der Waals surface area contributed by atoms with Crippen molar-refractivity contribution in [3.63, 3.8) is 0 Å². The maximum Gasteiger partial charge on any atom is 0.236 e. The average Bonchev–Trinajstić information content (AvgIpc) is 2.77. The van der Waals surface area contributed by atoms with Gasteiger partial charge in [-0.05, 0) is 34.7 Å². The molecule has 0 spiro atoms. The largest absolute Gasteiger partial charge is 0.496 e. The van der Waals surface area contributed by atoms with Gasteiger partial charge in [0.15, 0.2) is 5.17 Å². The summed E-state index contributed by atoms with van der Waals surface area (Å²) < 4.78 is 6.27. The first-order valence-electron chi connectivity index (χ1n) is 5.07. The molecule has 0 aliphatic carbocycles. The number of ether oxygens (including phenoxy) is 1. The highest BCUT2D eigenvalue weighted by atomic mass is 127. The molecule has 1 aliphatic rings. The van der Waals surface area contributed by atoms with Crippen molar-refractivity contribution in [2.24, 2.45) is 10.2 Å². The number of amidine groups is 1. The third-order valence-corrected chi connectivity index (χ3v) is 3.96. The van der Waals surface area contributed by atoms with Crippen molar-refractivity contribution in [1.29, 1.82) is 0 Å². The lowest BCUT2D eigenvalue weighted by Gasteiger charge is -2.04. The van der Waals surface area contributed by atoms with Gasteiger partial charge in [0.05, 0.1) is 24.6 Å². The monoisotopic (exact) mass is 375 g/mol. The number of hydrogen-bond acceptors (Lipinski definition) is 5. The van der Waals surface area contributed by atoms with Crippen LogP contribution in [-0.4, -0.2) is 30.2 Å². The van der Waals surface area contributed by atoms with Crippen molar-refractivity contribution in [2.75, 3.05) is 12.9 Å². The second kappa shape index (κ2) is 6.19. The maximum absolute atomic E-state index is 11.0. The number of amides is 1. The number of carbonyl (C=O) groups is 1. The molecule has 1 N–H and O–H groups in total. The van der Waals surface area contributed by atoms with E-state index in [1.807, 2.05) is 18.2 Å². The Morgan fingerprint density at radius 2 is 2.39 bits per heavy atom. The molecule has 1 amide bonds. The SMILES string of the molecule is COc1cccc(I)c1C=NN=C1NC(=O)CS1. The average molecular weight is 375 g/mol. The number of thioether (sulfide) groups is 1. The third-order valence-electron chi connectivity index (χ3n) is 2.15. The predicted molar refractivity (Wildman–Crippen MR) is 81.3 cm³/mol. The van der Waals surface area contributed by atoms with Crippen molar-refractivity contribution < 1.29 is 9.53 Å². The number of carbonyl (C=O) groups excluding carboxylic acids is 1. The van der Waals surface area contributed by atoms with E-state index in [1.54, 1.807) is 13.3 Å². The van der Waals surface area contributed by atoms with E-state index in [1.165, 1.54) is 11.8 Å². The number of nitrogens with one attached hydrogen (secondary N) is 1. The number of hydrogen-bond donors (Lipinski definition) is 1. The van der Waals surface area contributed by atoms with Crippen LogP contribution in [-0.2, 0) is 4.79 Å². The molecular formula is C11H10IN3O2S. The fourth-order valence-corrected chi connectivity index (χ4v) is 2.58. The molecule has 1 saturated heterocycles. The summed E-state index contributed by atoms with van der Waals surface area (Å²) in [7, 11) is 1.61. The molecule has 0 bridgehead atoms. The summed E-state index contributed by atoms with van der Waals surface area (Å²) in [6.45, 7) is 0. The van der Waals surface area contributed by atoms with Crippen LogP contribution in [0, 0.1) is 3.57 Å². The van der Waals surface area contributed by atoms with E-state index >= 15 is 0 Å². The summed E-state index contributed by atoms with van der Waals surface area (Å²) in [5.41, 5.74) is 0.874.